The summed E-state index contributed by atoms with van der Waals surface area (Å²) < 4.78 is 13.3. The number of likely N-dealkylation sites (tertiary alicyclic amines) is 1. The summed E-state index contributed by atoms with van der Waals surface area (Å²) in [5.41, 5.74) is 1.11. The van der Waals surface area contributed by atoms with Crippen LogP contribution in [0.25, 0.3) is 0 Å². The minimum atomic E-state index is -0.858. The zero-order valence-electron chi connectivity index (χ0n) is 16.1. The molecule has 4 rings (SSSR count). The van der Waals surface area contributed by atoms with Crippen molar-refractivity contribution in [2.75, 3.05) is 13.1 Å². The molecule has 0 spiro atoms. The fourth-order valence-corrected chi connectivity index (χ4v) is 4.84. The maximum absolute atomic E-state index is 13.3. The number of hydrogen-bond donors (Lipinski definition) is 1. The number of halogens is 1. The molecule has 5 heteroatoms. The molecule has 0 radical (unpaired) electrons. The Balaban J connectivity index is 1.49. The SMILES string of the molecule is CC(C)c1ncc(CN2C[C@H]3CCC[C@](O)(c4ccc(F)cc4)[C@@H]3C2)cn1. The highest BCUT2D eigenvalue weighted by Crippen LogP contribution is 2.48. The maximum atomic E-state index is 13.3. The van der Waals surface area contributed by atoms with E-state index in [2.05, 4.69) is 28.7 Å². The van der Waals surface area contributed by atoms with Crippen molar-refractivity contribution in [3.05, 3.63) is 59.4 Å². The number of aromatic nitrogens is 2. The Hall–Kier alpha value is -1.85. The zero-order valence-corrected chi connectivity index (χ0v) is 16.1. The summed E-state index contributed by atoms with van der Waals surface area (Å²) >= 11 is 0. The molecule has 2 fully saturated rings. The molecular weight excluding hydrogens is 341 g/mol. The molecule has 0 bridgehead atoms. The van der Waals surface area contributed by atoms with E-state index in [1.807, 2.05) is 12.4 Å². The van der Waals surface area contributed by atoms with Gasteiger partial charge in [0.05, 0.1) is 5.60 Å². The number of fused-ring (bicyclic) bond motifs is 1. The second kappa shape index (κ2) is 7.28. The lowest BCUT2D eigenvalue weighted by atomic mass is 9.67. The third kappa shape index (κ3) is 3.63. The molecule has 2 heterocycles. The Bertz CT molecular complexity index is 777. The molecule has 1 aliphatic carbocycles. The van der Waals surface area contributed by atoms with Crippen LogP contribution < -0.4 is 0 Å². The topological polar surface area (TPSA) is 49.2 Å². The van der Waals surface area contributed by atoms with Crippen LogP contribution in [-0.4, -0.2) is 33.1 Å². The molecule has 3 atom stereocenters. The second-order valence-electron chi connectivity index (χ2n) is 8.49. The third-order valence-corrected chi connectivity index (χ3v) is 6.25. The van der Waals surface area contributed by atoms with Crippen molar-refractivity contribution in [3.63, 3.8) is 0 Å². The van der Waals surface area contributed by atoms with Gasteiger partial charge in [0, 0.05) is 49.4 Å². The first kappa shape index (κ1) is 18.5. The first-order valence-electron chi connectivity index (χ1n) is 9.97. The number of rotatable bonds is 4. The quantitative estimate of drug-likeness (QED) is 0.889. The van der Waals surface area contributed by atoms with Gasteiger partial charge in [0.15, 0.2) is 0 Å². The van der Waals surface area contributed by atoms with Crippen molar-refractivity contribution >= 4 is 0 Å². The smallest absolute Gasteiger partial charge is 0.130 e. The molecule has 0 amide bonds. The van der Waals surface area contributed by atoms with Crippen molar-refractivity contribution in [1.82, 2.24) is 14.9 Å². The van der Waals surface area contributed by atoms with Gasteiger partial charge in [-0.25, -0.2) is 14.4 Å². The maximum Gasteiger partial charge on any atom is 0.130 e. The molecule has 1 aromatic heterocycles. The normalized spacial score (nSPS) is 28.5. The minimum Gasteiger partial charge on any atom is -0.385 e. The number of aliphatic hydroxyl groups is 1. The van der Waals surface area contributed by atoms with Crippen molar-refractivity contribution in [1.29, 1.82) is 0 Å². The molecule has 2 aliphatic rings. The molecule has 144 valence electrons. The molecule has 2 aromatic rings. The Morgan fingerprint density at radius 1 is 1.19 bits per heavy atom. The lowest BCUT2D eigenvalue weighted by Crippen LogP contribution is -2.42. The van der Waals surface area contributed by atoms with E-state index < -0.39 is 5.60 Å². The van der Waals surface area contributed by atoms with Gasteiger partial charge in [-0.15, -0.1) is 0 Å². The number of benzene rings is 1. The Morgan fingerprint density at radius 2 is 1.89 bits per heavy atom. The van der Waals surface area contributed by atoms with Gasteiger partial charge in [0.25, 0.3) is 0 Å². The Morgan fingerprint density at radius 3 is 2.56 bits per heavy atom. The average Bonchev–Trinajstić information content (AvgIpc) is 3.07. The molecule has 1 saturated heterocycles. The van der Waals surface area contributed by atoms with Crippen molar-refractivity contribution in [2.24, 2.45) is 11.8 Å². The number of nitrogens with zero attached hydrogens (tertiary/aromatic N) is 3. The van der Waals surface area contributed by atoms with Crippen LogP contribution in [0.4, 0.5) is 4.39 Å². The standard InChI is InChI=1S/C22H28FN3O/c1-15(2)21-24-10-16(11-25-21)12-26-13-17-4-3-9-22(27,20(17)14-26)18-5-7-19(23)8-6-18/h5-8,10-11,15,17,20,27H,3-4,9,12-14H2,1-2H3/t17-,20-,22+/m1/s1. The molecule has 0 unspecified atom stereocenters. The van der Waals surface area contributed by atoms with E-state index >= 15 is 0 Å². The molecular formula is C22H28FN3O. The van der Waals surface area contributed by atoms with Crippen molar-refractivity contribution in [2.45, 2.75) is 51.2 Å². The van der Waals surface area contributed by atoms with E-state index in [0.29, 0.717) is 11.8 Å². The largest absolute Gasteiger partial charge is 0.385 e. The van der Waals surface area contributed by atoms with Gasteiger partial charge in [-0.3, -0.25) is 4.90 Å². The van der Waals surface area contributed by atoms with Gasteiger partial charge in [-0.1, -0.05) is 26.0 Å². The van der Waals surface area contributed by atoms with Gasteiger partial charge < -0.3 is 5.11 Å². The van der Waals surface area contributed by atoms with Crippen LogP contribution in [0.2, 0.25) is 0 Å². The lowest BCUT2D eigenvalue weighted by Gasteiger charge is -2.41. The van der Waals surface area contributed by atoms with Crippen LogP contribution in [0, 0.1) is 17.7 Å². The van der Waals surface area contributed by atoms with Crippen molar-refractivity contribution in [3.8, 4) is 0 Å². The van der Waals surface area contributed by atoms with Crippen LogP contribution in [0.1, 0.15) is 56.0 Å². The van der Waals surface area contributed by atoms with Crippen LogP contribution >= 0.6 is 0 Å². The first-order chi connectivity index (χ1) is 13.0. The summed E-state index contributed by atoms with van der Waals surface area (Å²) in [6.07, 6.45) is 6.76. The van der Waals surface area contributed by atoms with E-state index in [1.165, 1.54) is 12.1 Å². The summed E-state index contributed by atoms with van der Waals surface area (Å²) in [5.74, 6) is 1.61. The van der Waals surface area contributed by atoms with E-state index in [4.69, 9.17) is 0 Å². The Labute approximate surface area is 160 Å². The first-order valence-corrected chi connectivity index (χ1v) is 9.97. The van der Waals surface area contributed by atoms with E-state index in [1.54, 1.807) is 12.1 Å². The molecule has 4 nitrogen and oxygen atoms in total. The fourth-order valence-electron chi connectivity index (χ4n) is 4.84. The Kier molecular flexibility index (Phi) is 4.99. The van der Waals surface area contributed by atoms with Crippen LogP contribution in [0.3, 0.4) is 0 Å². The highest BCUT2D eigenvalue weighted by atomic mass is 19.1. The molecule has 1 aliphatic heterocycles. The summed E-state index contributed by atoms with van der Waals surface area (Å²) in [7, 11) is 0. The van der Waals surface area contributed by atoms with Gasteiger partial charge in [0.1, 0.15) is 11.6 Å². The van der Waals surface area contributed by atoms with E-state index in [-0.39, 0.29) is 11.7 Å². The molecule has 27 heavy (non-hydrogen) atoms. The van der Waals surface area contributed by atoms with Gasteiger partial charge in [0.2, 0.25) is 0 Å². The lowest BCUT2D eigenvalue weighted by molar-refractivity contribution is -0.0648. The molecule has 1 N–H and O–H groups in total. The van der Waals surface area contributed by atoms with Crippen molar-refractivity contribution < 1.29 is 9.50 Å². The van der Waals surface area contributed by atoms with Crippen LogP contribution in [-0.2, 0) is 12.1 Å². The molecule has 1 saturated carbocycles. The minimum absolute atomic E-state index is 0.188. The fraction of sp³-hybridized carbons (Fsp3) is 0.545. The van der Waals surface area contributed by atoms with Gasteiger partial charge >= 0.3 is 0 Å². The predicted molar refractivity (Wildman–Crippen MR) is 103 cm³/mol. The summed E-state index contributed by atoms with van der Waals surface area (Å²) in [5, 5.41) is 11.5. The summed E-state index contributed by atoms with van der Waals surface area (Å²) in [6.45, 7) is 6.84. The third-order valence-electron chi connectivity index (χ3n) is 6.25. The molecule has 1 aromatic carbocycles. The van der Waals surface area contributed by atoms with Gasteiger partial charge in [-0.05, 0) is 42.9 Å². The number of hydrogen-bond acceptors (Lipinski definition) is 4. The van der Waals surface area contributed by atoms with Gasteiger partial charge in [-0.2, -0.15) is 0 Å². The summed E-state index contributed by atoms with van der Waals surface area (Å²) in [6, 6.07) is 6.41. The zero-order chi connectivity index (χ0) is 19.0. The van der Waals surface area contributed by atoms with E-state index in [0.717, 1.165) is 55.8 Å². The second-order valence-corrected chi connectivity index (χ2v) is 8.49. The summed E-state index contributed by atoms with van der Waals surface area (Å²) in [4.78, 5) is 11.4. The van der Waals surface area contributed by atoms with Crippen LogP contribution in [0.15, 0.2) is 36.7 Å². The monoisotopic (exact) mass is 369 g/mol. The average molecular weight is 369 g/mol. The van der Waals surface area contributed by atoms with E-state index in [9.17, 15) is 9.50 Å². The van der Waals surface area contributed by atoms with Crippen LogP contribution in [0.5, 0.6) is 0 Å². The predicted octanol–water partition coefficient (Wildman–Crippen LogP) is 3.86. The highest BCUT2D eigenvalue weighted by molar-refractivity contribution is 5.26. The highest BCUT2D eigenvalue weighted by Gasteiger charge is 2.49.